The number of carbonyl (C=O) groups excluding carboxylic acids is 1. The summed E-state index contributed by atoms with van der Waals surface area (Å²) in [6, 6.07) is 5.62. The normalized spacial score (nSPS) is 23.0. The summed E-state index contributed by atoms with van der Waals surface area (Å²) in [5.41, 5.74) is 2.30. The van der Waals surface area contributed by atoms with Gasteiger partial charge in [-0.25, -0.2) is 9.78 Å². The van der Waals surface area contributed by atoms with E-state index in [9.17, 15) is 9.90 Å². The fourth-order valence-corrected chi connectivity index (χ4v) is 4.33. The molecule has 4 rings (SSSR count). The van der Waals surface area contributed by atoms with Crippen molar-refractivity contribution in [1.29, 1.82) is 0 Å². The number of rotatable bonds is 4. The number of pyridine rings is 1. The van der Waals surface area contributed by atoms with E-state index in [1.807, 2.05) is 19.1 Å². The number of hydrogen-bond donors (Lipinski definition) is 1. The third-order valence-electron chi connectivity index (χ3n) is 5.03. The number of hydrogen-bond acceptors (Lipinski definition) is 6. The predicted molar refractivity (Wildman–Crippen MR) is 92.5 cm³/mol. The van der Waals surface area contributed by atoms with Crippen molar-refractivity contribution in [2.75, 3.05) is 25.1 Å². The maximum absolute atomic E-state index is 11.6. The van der Waals surface area contributed by atoms with Crippen molar-refractivity contribution >= 4 is 23.1 Å². The van der Waals surface area contributed by atoms with Gasteiger partial charge >= 0.3 is 5.97 Å². The minimum absolute atomic E-state index is 0.378. The first-order valence-electron chi connectivity index (χ1n) is 8.14. The molecule has 0 aromatic carbocycles. The summed E-state index contributed by atoms with van der Waals surface area (Å²) in [6.07, 6.45) is 0.584. The minimum atomic E-state index is -0.784. The zero-order chi connectivity index (χ0) is 16.8. The van der Waals surface area contributed by atoms with Gasteiger partial charge in [0.05, 0.1) is 7.11 Å². The summed E-state index contributed by atoms with van der Waals surface area (Å²) in [5.74, 6) is 2.34. The summed E-state index contributed by atoms with van der Waals surface area (Å²) >= 11 is 1.28. The van der Waals surface area contributed by atoms with Gasteiger partial charge in [-0.05, 0) is 48.3 Å². The van der Waals surface area contributed by atoms with E-state index in [0.717, 1.165) is 42.0 Å². The molecule has 2 aromatic heterocycles. The molecule has 3 unspecified atom stereocenters. The number of aliphatic hydroxyl groups excluding tert-OH is 1. The molecule has 1 saturated heterocycles. The lowest BCUT2D eigenvalue weighted by molar-refractivity contribution is 0.0606. The number of esters is 1. The fourth-order valence-electron chi connectivity index (χ4n) is 3.49. The van der Waals surface area contributed by atoms with Crippen molar-refractivity contribution < 1.29 is 14.6 Å². The molecule has 0 amide bonds. The van der Waals surface area contributed by atoms with E-state index >= 15 is 0 Å². The van der Waals surface area contributed by atoms with Crippen LogP contribution in [0.2, 0.25) is 0 Å². The molecule has 2 aliphatic rings. The Bertz CT molecular complexity index is 778. The Morgan fingerprint density at radius 2 is 2.17 bits per heavy atom. The number of carbonyl (C=O) groups is 1. The van der Waals surface area contributed by atoms with E-state index in [1.54, 1.807) is 11.4 Å². The molecule has 126 valence electrons. The fraction of sp³-hybridized carbons (Fsp3) is 0.444. The molecule has 3 atom stereocenters. The molecular weight excluding hydrogens is 324 g/mol. The summed E-state index contributed by atoms with van der Waals surface area (Å²) < 4.78 is 4.72. The average molecular weight is 344 g/mol. The average Bonchev–Trinajstić information content (AvgIpc) is 3.02. The Balaban J connectivity index is 1.54. The maximum atomic E-state index is 11.6. The molecule has 1 aliphatic carbocycles. The first kappa shape index (κ1) is 15.6. The highest BCUT2D eigenvalue weighted by Crippen LogP contribution is 2.46. The van der Waals surface area contributed by atoms with Gasteiger partial charge in [-0.1, -0.05) is 6.07 Å². The Morgan fingerprint density at radius 3 is 2.83 bits per heavy atom. The van der Waals surface area contributed by atoms with E-state index in [1.165, 1.54) is 24.9 Å². The van der Waals surface area contributed by atoms with Crippen LogP contribution in [0.4, 0.5) is 5.82 Å². The number of fused-ring (bicyclic) bond motifs is 1. The van der Waals surface area contributed by atoms with Crippen molar-refractivity contribution in [3.05, 3.63) is 45.3 Å². The number of thiophene rings is 1. The molecule has 1 saturated carbocycles. The summed E-state index contributed by atoms with van der Waals surface area (Å²) in [5, 5.41) is 12.4. The van der Waals surface area contributed by atoms with Crippen molar-refractivity contribution in [2.24, 2.45) is 11.8 Å². The van der Waals surface area contributed by atoms with E-state index < -0.39 is 6.10 Å². The number of anilines is 1. The van der Waals surface area contributed by atoms with Crippen LogP contribution in [-0.2, 0) is 4.74 Å². The van der Waals surface area contributed by atoms with Gasteiger partial charge in [0.1, 0.15) is 16.8 Å². The molecule has 1 N–H and O–H groups in total. The lowest BCUT2D eigenvalue weighted by atomic mass is 10.0. The SMILES string of the molecule is COC(=O)c1cc(C(O)c2ccc(N3CC4CC4C3)nc2C)cs1. The van der Waals surface area contributed by atoms with E-state index in [-0.39, 0.29) is 5.97 Å². The lowest BCUT2D eigenvalue weighted by Crippen LogP contribution is -2.23. The third-order valence-corrected chi connectivity index (χ3v) is 5.96. The van der Waals surface area contributed by atoms with Gasteiger partial charge in [0.25, 0.3) is 0 Å². The van der Waals surface area contributed by atoms with Crippen LogP contribution in [0.15, 0.2) is 23.6 Å². The first-order chi connectivity index (χ1) is 11.6. The van der Waals surface area contributed by atoms with Crippen molar-refractivity contribution in [1.82, 2.24) is 4.98 Å². The maximum Gasteiger partial charge on any atom is 0.348 e. The topological polar surface area (TPSA) is 62.7 Å². The third kappa shape index (κ3) is 2.70. The Labute approximate surface area is 144 Å². The molecule has 1 aliphatic heterocycles. The largest absolute Gasteiger partial charge is 0.465 e. The summed E-state index contributed by atoms with van der Waals surface area (Å²) in [6.45, 7) is 4.13. The Hall–Kier alpha value is -1.92. The highest BCUT2D eigenvalue weighted by Gasteiger charge is 2.45. The number of nitrogens with zero attached hydrogens (tertiary/aromatic N) is 2. The first-order valence-corrected chi connectivity index (χ1v) is 9.02. The molecule has 6 heteroatoms. The molecule has 0 bridgehead atoms. The smallest absolute Gasteiger partial charge is 0.348 e. The lowest BCUT2D eigenvalue weighted by Gasteiger charge is -2.21. The van der Waals surface area contributed by atoms with Crippen LogP contribution >= 0.6 is 11.3 Å². The second-order valence-corrected chi connectivity index (χ2v) is 7.55. The van der Waals surface area contributed by atoms with Crippen LogP contribution in [0, 0.1) is 18.8 Å². The molecule has 24 heavy (non-hydrogen) atoms. The summed E-state index contributed by atoms with van der Waals surface area (Å²) in [4.78, 5) is 19.1. The van der Waals surface area contributed by atoms with Gasteiger partial charge in [0, 0.05) is 24.3 Å². The molecule has 2 aromatic rings. The van der Waals surface area contributed by atoms with Crippen LogP contribution < -0.4 is 4.90 Å². The number of methoxy groups -OCH3 is 1. The van der Waals surface area contributed by atoms with E-state index in [4.69, 9.17) is 9.72 Å². The minimum Gasteiger partial charge on any atom is -0.465 e. The second-order valence-electron chi connectivity index (χ2n) is 6.64. The Kier molecular flexibility index (Phi) is 3.81. The van der Waals surface area contributed by atoms with Crippen LogP contribution in [0.5, 0.6) is 0 Å². The molecule has 2 fully saturated rings. The van der Waals surface area contributed by atoms with E-state index in [2.05, 4.69) is 4.90 Å². The molecule has 0 radical (unpaired) electrons. The van der Waals surface area contributed by atoms with Gasteiger partial charge in [0.15, 0.2) is 0 Å². The van der Waals surface area contributed by atoms with Crippen LogP contribution in [0.3, 0.4) is 0 Å². The molecular formula is C18H20N2O3S. The van der Waals surface area contributed by atoms with E-state index in [0.29, 0.717) is 10.4 Å². The van der Waals surface area contributed by atoms with Crippen LogP contribution in [0.25, 0.3) is 0 Å². The zero-order valence-corrected chi connectivity index (χ0v) is 14.5. The number of aryl methyl sites for hydroxylation is 1. The molecule has 3 heterocycles. The zero-order valence-electron chi connectivity index (χ0n) is 13.7. The molecule has 5 nitrogen and oxygen atoms in total. The van der Waals surface area contributed by atoms with Gasteiger partial charge in [-0.15, -0.1) is 11.3 Å². The van der Waals surface area contributed by atoms with Crippen molar-refractivity contribution in [2.45, 2.75) is 19.4 Å². The van der Waals surface area contributed by atoms with Gasteiger partial charge in [-0.3, -0.25) is 0 Å². The quantitative estimate of drug-likeness (QED) is 0.864. The number of piperidine rings is 1. The highest BCUT2D eigenvalue weighted by atomic mass is 32.1. The van der Waals surface area contributed by atoms with Gasteiger partial charge in [-0.2, -0.15) is 0 Å². The van der Waals surface area contributed by atoms with Crippen molar-refractivity contribution in [3.63, 3.8) is 0 Å². The second kappa shape index (κ2) is 5.86. The number of ether oxygens (including phenoxy) is 1. The predicted octanol–water partition coefficient (Wildman–Crippen LogP) is 2.78. The highest BCUT2D eigenvalue weighted by molar-refractivity contribution is 7.12. The summed E-state index contributed by atoms with van der Waals surface area (Å²) in [7, 11) is 1.35. The van der Waals surface area contributed by atoms with Gasteiger partial charge < -0.3 is 14.7 Å². The van der Waals surface area contributed by atoms with Crippen LogP contribution in [-0.4, -0.2) is 36.3 Å². The number of aliphatic hydroxyl groups is 1. The van der Waals surface area contributed by atoms with Crippen molar-refractivity contribution in [3.8, 4) is 0 Å². The van der Waals surface area contributed by atoms with Gasteiger partial charge in [0.2, 0.25) is 0 Å². The molecule has 0 spiro atoms. The van der Waals surface area contributed by atoms with Crippen LogP contribution in [0.1, 0.15) is 39.0 Å². The monoisotopic (exact) mass is 344 g/mol. The number of aromatic nitrogens is 1. The standard InChI is InChI=1S/C18H20N2O3S/c1-10-14(17(21)13-6-15(24-9-13)18(22)23-2)3-4-16(19-10)20-7-11-5-12(11)8-20/h3-4,6,9,11-12,17,21H,5,7-8H2,1-2H3. The Morgan fingerprint density at radius 1 is 1.42 bits per heavy atom.